The number of carboxylic acids is 1. The Labute approximate surface area is 230 Å². The van der Waals surface area contributed by atoms with Crippen LogP contribution >= 0.6 is 23.2 Å². The largest absolute Gasteiger partial charge is 0.573 e. The SMILES string of the molecule is N=C(Oc1ccc(C(=O)NCCC(=O)O)cc1)/C(=C\Nc1cc(Cl)cc(Cl)c1)c1ccc(OC(F)(F)F)cc1. The van der Waals surface area contributed by atoms with Crippen LogP contribution in [0.5, 0.6) is 11.5 Å². The molecule has 0 spiro atoms. The van der Waals surface area contributed by atoms with E-state index in [9.17, 15) is 22.8 Å². The predicted molar refractivity (Wildman–Crippen MR) is 141 cm³/mol. The van der Waals surface area contributed by atoms with Crippen LogP contribution in [-0.2, 0) is 4.79 Å². The molecule has 3 aromatic rings. The Morgan fingerprint density at radius 3 is 2.05 bits per heavy atom. The van der Waals surface area contributed by atoms with Crippen molar-refractivity contribution >= 4 is 52.2 Å². The number of carboxylic acid groups (broad SMARTS) is 1. The van der Waals surface area contributed by atoms with Crippen LogP contribution in [0.1, 0.15) is 22.3 Å². The minimum absolute atomic E-state index is 0.0388. The maximum absolute atomic E-state index is 12.5. The van der Waals surface area contributed by atoms with Crippen LogP contribution in [0.25, 0.3) is 5.57 Å². The number of alkyl halides is 3. The summed E-state index contributed by atoms with van der Waals surface area (Å²) < 4.78 is 47.2. The van der Waals surface area contributed by atoms with Gasteiger partial charge < -0.3 is 25.2 Å². The molecule has 3 rings (SSSR count). The van der Waals surface area contributed by atoms with Crippen LogP contribution in [0.3, 0.4) is 0 Å². The Hall–Kier alpha value is -4.22. The van der Waals surface area contributed by atoms with Gasteiger partial charge in [0, 0.05) is 34.0 Å². The Balaban J connectivity index is 1.81. The highest BCUT2D eigenvalue weighted by Gasteiger charge is 2.31. The van der Waals surface area contributed by atoms with E-state index in [1.807, 2.05) is 0 Å². The zero-order valence-corrected chi connectivity index (χ0v) is 21.3. The number of halogens is 5. The lowest BCUT2D eigenvalue weighted by Gasteiger charge is -2.14. The van der Waals surface area contributed by atoms with Gasteiger partial charge in [0.25, 0.3) is 5.91 Å². The Morgan fingerprint density at radius 2 is 1.49 bits per heavy atom. The lowest BCUT2D eigenvalue weighted by Crippen LogP contribution is -2.25. The van der Waals surface area contributed by atoms with E-state index in [1.54, 1.807) is 12.1 Å². The fourth-order valence-corrected chi connectivity index (χ4v) is 3.67. The molecule has 0 heterocycles. The van der Waals surface area contributed by atoms with E-state index in [2.05, 4.69) is 15.4 Å². The molecule has 3 aromatic carbocycles. The van der Waals surface area contributed by atoms with Gasteiger partial charge in [-0.25, -0.2) is 0 Å². The van der Waals surface area contributed by atoms with Crippen molar-refractivity contribution in [3.05, 3.63) is 94.1 Å². The van der Waals surface area contributed by atoms with E-state index in [0.717, 1.165) is 12.1 Å². The summed E-state index contributed by atoms with van der Waals surface area (Å²) in [4.78, 5) is 22.7. The van der Waals surface area contributed by atoms with E-state index in [4.69, 9.17) is 38.5 Å². The van der Waals surface area contributed by atoms with Crippen LogP contribution in [0.2, 0.25) is 10.0 Å². The maximum Gasteiger partial charge on any atom is 0.573 e. The van der Waals surface area contributed by atoms with E-state index in [1.165, 1.54) is 48.7 Å². The number of amides is 1. The summed E-state index contributed by atoms with van der Waals surface area (Å²) in [7, 11) is 0. The molecule has 8 nitrogen and oxygen atoms in total. The highest BCUT2D eigenvalue weighted by atomic mass is 35.5. The molecule has 39 heavy (non-hydrogen) atoms. The van der Waals surface area contributed by atoms with Crippen LogP contribution in [0, 0.1) is 5.41 Å². The lowest BCUT2D eigenvalue weighted by atomic mass is 10.1. The Kier molecular flexibility index (Phi) is 9.80. The highest BCUT2D eigenvalue weighted by molar-refractivity contribution is 6.35. The number of ether oxygens (including phenoxy) is 2. The van der Waals surface area contributed by atoms with Gasteiger partial charge in [0.15, 0.2) is 0 Å². The van der Waals surface area contributed by atoms with E-state index >= 15 is 0 Å². The summed E-state index contributed by atoms with van der Waals surface area (Å²) in [5, 5.41) is 23.3. The van der Waals surface area contributed by atoms with Gasteiger partial charge in [-0.3, -0.25) is 15.0 Å². The van der Waals surface area contributed by atoms with Gasteiger partial charge in [0.1, 0.15) is 11.5 Å². The number of hydrogen-bond donors (Lipinski definition) is 4. The molecule has 1 amide bonds. The molecule has 0 aliphatic heterocycles. The fourth-order valence-electron chi connectivity index (χ4n) is 3.14. The number of carbonyl (C=O) groups excluding carboxylic acids is 1. The molecule has 0 aromatic heterocycles. The number of benzene rings is 3. The van der Waals surface area contributed by atoms with Crippen LogP contribution in [-0.4, -0.2) is 35.8 Å². The number of carbonyl (C=O) groups is 2. The zero-order chi connectivity index (χ0) is 28.6. The molecular formula is C26H20Cl2F3N3O5. The molecule has 0 aliphatic rings. The standard InChI is InChI=1S/C26H20Cl2F3N3O5/c27-17-11-18(28)13-19(12-17)34-14-22(15-1-7-21(8-2-15)39-26(29,30)31)24(32)38-20-5-3-16(4-6-20)25(37)33-10-9-23(35)36/h1-8,11-14,32,34H,9-10H2,(H,33,37)(H,35,36)/b22-14-,32-24?. The Bertz CT molecular complexity index is 1360. The van der Waals surface area contributed by atoms with E-state index in [-0.39, 0.29) is 35.7 Å². The number of rotatable bonds is 10. The molecule has 0 atom stereocenters. The average molecular weight is 582 g/mol. The van der Waals surface area contributed by atoms with Crippen molar-refractivity contribution in [2.45, 2.75) is 12.8 Å². The molecule has 0 radical (unpaired) electrons. The third-order valence-corrected chi connectivity index (χ3v) is 5.29. The molecule has 0 aliphatic carbocycles. The number of nitrogens with one attached hydrogen (secondary N) is 3. The molecule has 0 unspecified atom stereocenters. The number of hydrogen-bond acceptors (Lipinski definition) is 6. The summed E-state index contributed by atoms with van der Waals surface area (Å²) in [6.45, 7) is -0.0388. The molecule has 0 saturated carbocycles. The predicted octanol–water partition coefficient (Wildman–Crippen LogP) is 6.61. The van der Waals surface area contributed by atoms with E-state index in [0.29, 0.717) is 21.3 Å². The quantitative estimate of drug-likeness (QED) is 0.158. The van der Waals surface area contributed by atoms with E-state index < -0.39 is 24.0 Å². The minimum atomic E-state index is -4.86. The fraction of sp³-hybridized carbons (Fsp3) is 0.115. The van der Waals surface area contributed by atoms with Crippen molar-refractivity contribution < 1.29 is 37.3 Å². The van der Waals surface area contributed by atoms with Crippen LogP contribution in [0.4, 0.5) is 18.9 Å². The first-order valence-electron chi connectivity index (χ1n) is 11.1. The zero-order valence-electron chi connectivity index (χ0n) is 19.8. The second-order valence-electron chi connectivity index (χ2n) is 7.79. The van der Waals surface area contributed by atoms with Crippen LogP contribution < -0.4 is 20.1 Å². The molecule has 204 valence electrons. The van der Waals surface area contributed by atoms with Gasteiger partial charge in [-0.15, -0.1) is 13.2 Å². The first kappa shape index (κ1) is 29.3. The van der Waals surface area contributed by atoms with Crippen molar-refractivity contribution in [2.75, 3.05) is 11.9 Å². The van der Waals surface area contributed by atoms with Crippen molar-refractivity contribution in [1.29, 1.82) is 5.41 Å². The molecule has 0 fully saturated rings. The van der Waals surface area contributed by atoms with Gasteiger partial charge in [-0.05, 0) is 60.2 Å². The van der Waals surface area contributed by atoms with Gasteiger partial charge >= 0.3 is 12.3 Å². The van der Waals surface area contributed by atoms with Crippen molar-refractivity contribution in [2.24, 2.45) is 0 Å². The smallest absolute Gasteiger partial charge is 0.481 e. The van der Waals surface area contributed by atoms with Crippen molar-refractivity contribution in [3.8, 4) is 11.5 Å². The second-order valence-corrected chi connectivity index (χ2v) is 8.66. The third-order valence-electron chi connectivity index (χ3n) is 4.85. The molecule has 0 bridgehead atoms. The summed E-state index contributed by atoms with van der Waals surface area (Å²) >= 11 is 12.1. The third kappa shape index (κ3) is 9.55. The van der Waals surface area contributed by atoms with Crippen LogP contribution in [0.15, 0.2) is 72.9 Å². The first-order valence-corrected chi connectivity index (χ1v) is 11.8. The normalized spacial score (nSPS) is 11.5. The summed E-state index contributed by atoms with van der Waals surface area (Å²) in [6.07, 6.45) is -3.69. The topological polar surface area (TPSA) is 121 Å². The van der Waals surface area contributed by atoms with Crippen molar-refractivity contribution in [3.63, 3.8) is 0 Å². The highest BCUT2D eigenvalue weighted by Crippen LogP contribution is 2.27. The van der Waals surface area contributed by atoms with Gasteiger partial charge in [-0.1, -0.05) is 35.3 Å². The summed E-state index contributed by atoms with van der Waals surface area (Å²) in [5.74, 6) is -2.15. The summed E-state index contributed by atoms with van der Waals surface area (Å²) in [6, 6.07) is 15.2. The molecule has 4 N–H and O–H groups in total. The van der Waals surface area contributed by atoms with Gasteiger partial charge in [0.05, 0.1) is 12.0 Å². The average Bonchev–Trinajstić information content (AvgIpc) is 2.84. The van der Waals surface area contributed by atoms with Crippen molar-refractivity contribution in [1.82, 2.24) is 5.32 Å². The number of anilines is 1. The van der Waals surface area contributed by atoms with Gasteiger partial charge in [-0.2, -0.15) is 0 Å². The second kappa shape index (κ2) is 13.0. The summed E-state index contributed by atoms with van der Waals surface area (Å²) in [5.41, 5.74) is 1.20. The lowest BCUT2D eigenvalue weighted by molar-refractivity contribution is -0.274. The molecule has 13 heteroatoms. The Morgan fingerprint density at radius 1 is 0.923 bits per heavy atom. The van der Waals surface area contributed by atoms with Gasteiger partial charge in [0.2, 0.25) is 5.90 Å². The molecule has 0 saturated heterocycles. The minimum Gasteiger partial charge on any atom is -0.481 e. The number of aliphatic carboxylic acids is 1. The molecular weight excluding hydrogens is 562 g/mol. The monoisotopic (exact) mass is 581 g/mol. The first-order chi connectivity index (χ1) is 18.4. The maximum atomic E-state index is 12.5.